The second-order valence-electron chi connectivity index (χ2n) is 5.90. The molecule has 28 heavy (non-hydrogen) atoms. The molecule has 0 saturated carbocycles. The van der Waals surface area contributed by atoms with Gasteiger partial charge in [0.1, 0.15) is 5.82 Å². The molecule has 1 amide bonds. The van der Waals surface area contributed by atoms with Crippen molar-refractivity contribution in [3.05, 3.63) is 88.0 Å². The zero-order chi connectivity index (χ0) is 19.9. The van der Waals surface area contributed by atoms with E-state index in [-0.39, 0.29) is 5.91 Å². The first-order chi connectivity index (χ1) is 13.6. The van der Waals surface area contributed by atoms with Gasteiger partial charge in [-0.25, -0.2) is 9.48 Å². The quantitative estimate of drug-likeness (QED) is 0.462. The maximum Gasteiger partial charge on any atom is 0.337 e. The summed E-state index contributed by atoms with van der Waals surface area (Å²) < 4.78 is 7.37. The number of carbonyl (C=O) groups is 2. The number of esters is 1. The lowest BCUT2D eigenvalue weighted by atomic mass is 10.1. The van der Waals surface area contributed by atoms with Crippen molar-refractivity contribution in [3.63, 3.8) is 0 Å². The van der Waals surface area contributed by atoms with Crippen molar-refractivity contribution in [1.82, 2.24) is 9.78 Å². The highest BCUT2D eigenvalue weighted by molar-refractivity contribution is 9.10. The number of benzene rings is 2. The second kappa shape index (κ2) is 9.14. The van der Waals surface area contributed by atoms with Crippen molar-refractivity contribution < 1.29 is 14.3 Å². The maximum absolute atomic E-state index is 12.3. The van der Waals surface area contributed by atoms with Crippen molar-refractivity contribution in [2.45, 2.75) is 6.54 Å². The van der Waals surface area contributed by atoms with Gasteiger partial charge in [-0.3, -0.25) is 4.79 Å². The Balaban J connectivity index is 1.64. The molecule has 1 N–H and O–H groups in total. The molecule has 0 aliphatic rings. The molecule has 0 bridgehead atoms. The van der Waals surface area contributed by atoms with E-state index in [0.717, 1.165) is 15.6 Å². The van der Waals surface area contributed by atoms with Crippen LogP contribution in [0.2, 0.25) is 0 Å². The first-order valence-corrected chi connectivity index (χ1v) is 9.29. The van der Waals surface area contributed by atoms with Crippen LogP contribution in [0.15, 0.2) is 71.3 Å². The molecule has 6 nitrogen and oxygen atoms in total. The Morgan fingerprint density at radius 2 is 1.89 bits per heavy atom. The molecule has 0 atom stereocenters. The normalized spacial score (nSPS) is 10.8. The Hall–Kier alpha value is -3.19. The number of nitrogens with zero attached hydrogens (tertiary/aromatic N) is 2. The zero-order valence-electron chi connectivity index (χ0n) is 15.1. The van der Waals surface area contributed by atoms with Crippen LogP contribution < -0.4 is 5.32 Å². The van der Waals surface area contributed by atoms with Crippen LogP contribution in [0.3, 0.4) is 0 Å². The first kappa shape index (κ1) is 19.6. The molecule has 0 aliphatic heterocycles. The number of amides is 1. The molecule has 2 aromatic carbocycles. The summed E-state index contributed by atoms with van der Waals surface area (Å²) in [7, 11) is 1.34. The van der Waals surface area contributed by atoms with E-state index in [1.807, 2.05) is 24.3 Å². The maximum atomic E-state index is 12.3. The lowest BCUT2D eigenvalue weighted by Gasteiger charge is -2.09. The summed E-state index contributed by atoms with van der Waals surface area (Å²) in [6.07, 6.45) is 4.75. The van der Waals surface area contributed by atoms with Crippen LogP contribution in [0, 0.1) is 0 Å². The van der Waals surface area contributed by atoms with Crippen LogP contribution in [0.5, 0.6) is 0 Å². The van der Waals surface area contributed by atoms with Gasteiger partial charge in [0.25, 0.3) is 0 Å². The van der Waals surface area contributed by atoms with E-state index in [9.17, 15) is 9.59 Å². The Morgan fingerprint density at radius 1 is 1.14 bits per heavy atom. The lowest BCUT2D eigenvalue weighted by molar-refractivity contribution is -0.111. The summed E-state index contributed by atoms with van der Waals surface area (Å²) in [4.78, 5) is 23.7. The molecule has 0 fully saturated rings. The minimum absolute atomic E-state index is 0.272. The Morgan fingerprint density at radius 3 is 2.61 bits per heavy atom. The van der Waals surface area contributed by atoms with E-state index in [4.69, 9.17) is 0 Å². The molecule has 0 spiro atoms. The summed E-state index contributed by atoms with van der Waals surface area (Å²) in [6.45, 7) is 0.530. The van der Waals surface area contributed by atoms with Crippen LogP contribution >= 0.6 is 15.9 Å². The van der Waals surface area contributed by atoms with Gasteiger partial charge < -0.3 is 10.1 Å². The van der Waals surface area contributed by atoms with Crippen molar-refractivity contribution in [2.24, 2.45) is 0 Å². The van der Waals surface area contributed by atoms with E-state index >= 15 is 0 Å². The van der Waals surface area contributed by atoms with E-state index < -0.39 is 5.97 Å². The van der Waals surface area contributed by atoms with Crippen LogP contribution in [-0.4, -0.2) is 28.8 Å². The largest absolute Gasteiger partial charge is 0.465 e. The van der Waals surface area contributed by atoms with Crippen LogP contribution in [0.1, 0.15) is 21.5 Å². The van der Waals surface area contributed by atoms with Gasteiger partial charge in [0.2, 0.25) is 5.91 Å². The number of rotatable bonds is 6. The van der Waals surface area contributed by atoms with Gasteiger partial charge in [-0.15, -0.1) is 0 Å². The third kappa shape index (κ3) is 4.95. The van der Waals surface area contributed by atoms with Gasteiger partial charge in [-0.1, -0.05) is 46.3 Å². The standard InChI is InChI=1S/C21H18BrN3O3/c1-28-21(27)16-9-6-15(7-10-16)8-11-20(26)24-19-12-13-23-25(19)14-17-4-2-3-5-18(17)22/h2-13H,14H2,1H3,(H,24,26). The fraction of sp³-hybridized carbons (Fsp3) is 0.0952. The molecule has 0 saturated heterocycles. The van der Waals surface area contributed by atoms with E-state index in [0.29, 0.717) is 17.9 Å². The van der Waals surface area contributed by atoms with Gasteiger partial charge in [0.15, 0.2) is 0 Å². The number of methoxy groups -OCH3 is 1. The smallest absolute Gasteiger partial charge is 0.337 e. The van der Waals surface area contributed by atoms with Crippen LogP contribution in [-0.2, 0) is 16.1 Å². The summed E-state index contributed by atoms with van der Waals surface area (Å²) in [5.74, 6) is -0.0658. The number of hydrogen-bond acceptors (Lipinski definition) is 4. The number of ether oxygens (including phenoxy) is 1. The molecule has 0 unspecified atom stereocenters. The number of carbonyl (C=O) groups excluding carboxylic acids is 2. The molecular formula is C21H18BrN3O3. The summed E-state index contributed by atoms with van der Waals surface area (Å²) in [6, 6.07) is 16.4. The number of anilines is 1. The number of aromatic nitrogens is 2. The fourth-order valence-electron chi connectivity index (χ4n) is 2.54. The summed E-state index contributed by atoms with van der Waals surface area (Å²) in [5, 5.41) is 7.10. The summed E-state index contributed by atoms with van der Waals surface area (Å²) in [5.41, 5.74) is 2.31. The third-order valence-electron chi connectivity index (χ3n) is 4.00. The Bertz CT molecular complexity index is 1010. The lowest BCUT2D eigenvalue weighted by Crippen LogP contribution is -2.14. The highest BCUT2D eigenvalue weighted by Gasteiger charge is 2.08. The van der Waals surface area contributed by atoms with E-state index in [2.05, 4.69) is 31.1 Å². The minimum Gasteiger partial charge on any atom is -0.465 e. The number of nitrogens with one attached hydrogen (secondary N) is 1. The van der Waals surface area contributed by atoms with Crippen molar-refractivity contribution in [3.8, 4) is 0 Å². The molecule has 3 rings (SSSR count). The van der Waals surface area contributed by atoms with Crippen molar-refractivity contribution >= 4 is 39.7 Å². The Kier molecular flexibility index (Phi) is 6.39. The Labute approximate surface area is 171 Å². The predicted octanol–water partition coefficient (Wildman–Crippen LogP) is 4.13. The molecule has 0 radical (unpaired) electrons. The average Bonchev–Trinajstić information content (AvgIpc) is 3.14. The van der Waals surface area contributed by atoms with Crippen molar-refractivity contribution in [1.29, 1.82) is 0 Å². The topological polar surface area (TPSA) is 73.2 Å². The zero-order valence-corrected chi connectivity index (χ0v) is 16.7. The molecule has 7 heteroatoms. The molecule has 1 aromatic heterocycles. The minimum atomic E-state index is -0.397. The monoisotopic (exact) mass is 439 g/mol. The fourth-order valence-corrected chi connectivity index (χ4v) is 2.95. The molecule has 142 valence electrons. The number of hydrogen-bond donors (Lipinski definition) is 1. The molecule has 1 heterocycles. The van der Waals surface area contributed by atoms with Gasteiger partial charge in [0, 0.05) is 16.6 Å². The molecular weight excluding hydrogens is 422 g/mol. The van der Waals surface area contributed by atoms with E-state index in [1.165, 1.54) is 13.2 Å². The number of halogens is 1. The van der Waals surface area contributed by atoms with Gasteiger partial charge >= 0.3 is 5.97 Å². The van der Waals surface area contributed by atoms with E-state index in [1.54, 1.807) is 47.3 Å². The first-order valence-electron chi connectivity index (χ1n) is 8.49. The summed E-state index contributed by atoms with van der Waals surface area (Å²) >= 11 is 3.52. The molecule has 3 aromatic rings. The second-order valence-corrected chi connectivity index (χ2v) is 6.76. The average molecular weight is 440 g/mol. The SMILES string of the molecule is COC(=O)c1ccc(C=CC(=O)Nc2ccnn2Cc2ccccc2Br)cc1. The van der Waals surface area contributed by atoms with Crippen LogP contribution in [0.25, 0.3) is 6.08 Å². The highest BCUT2D eigenvalue weighted by atomic mass is 79.9. The van der Waals surface area contributed by atoms with Crippen LogP contribution in [0.4, 0.5) is 5.82 Å². The predicted molar refractivity (Wildman–Crippen MR) is 111 cm³/mol. The molecule has 0 aliphatic carbocycles. The highest BCUT2D eigenvalue weighted by Crippen LogP contribution is 2.18. The van der Waals surface area contributed by atoms with Gasteiger partial charge in [-0.05, 0) is 35.4 Å². The van der Waals surface area contributed by atoms with Gasteiger partial charge in [0.05, 0.1) is 25.4 Å². The van der Waals surface area contributed by atoms with Crippen molar-refractivity contribution in [2.75, 3.05) is 12.4 Å². The third-order valence-corrected chi connectivity index (χ3v) is 4.78. The van der Waals surface area contributed by atoms with Gasteiger partial charge in [-0.2, -0.15) is 5.10 Å².